The molecule has 2 heterocycles. The summed E-state index contributed by atoms with van der Waals surface area (Å²) in [5.74, 6) is 0.377. The molecule has 0 amide bonds. The molecular formula is C8H8BrN3OS. The van der Waals surface area contributed by atoms with Gasteiger partial charge in [-0.25, -0.2) is 4.98 Å². The molecule has 0 radical (unpaired) electrons. The van der Waals surface area contributed by atoms with E-state index < -0.39 is 0 Å². The molecule has 0 fully saturated rings. The van der Waals surface area contributed by atoms with Crippen molar-refractivity contribution in [2.24, 2.45) is 0 Å². The molecule has 6 heteroatoms. The van der Waals surface area contributed by atoms with E-state index in [0.29, 0.717) is 5.88 Å². The van der Waals surface area contributed by atoms with Crippen molar-refractivity contribution in [3.8, 4) is 11.4 Å². The topological polar surface area (TPSA) is 64.9 Å². The standard InChI is InChI=1S/C8H8BrN3OS/c1-2-4-5(12-13-8(4)10)6-7(9)14-3-11-6/h3H,2,10H2,1H3. The van der Waals surface area contributed by atoms with Crippen LogP contribution in [-0.2, 0) is 6.42 Å². The van der Waals surface area contributed by atoms with E-state index in [1.165, 1.54) is 11.3 Å². The molecule has 0 bridgehead atoms. The summed E-state index contributed by atoms with van der Waals surface area (Å²) in [6.07, 6.45) is 0.786. The molecule has 2 aromatic heterocycles. The summed E-state index contributed by atoms with van der Waals surface area (Å²) < 4.78 is 5.88. The van der Waals surface area contributed by atoms with Crippen molar-refractivity contribution in [1.82, 2.24) is 10.1 Å². The minimum Gasteiger partial charge on any atom is -0.367 e. The molecule has 0 aliphatic carbocycles. The second-order valence-electron chi connectivity index (χ2n) is 2.70. The number of thiazole rings is 1. The molecule has 2 N–H and O–H groups in total. The monoisotopic (exact) mass is 273 g/mol. The Morgan fingerprint density at radius 3 is 2.93 bits per heavy atom. The lowest BCUT2D eigenvalue weighted by Gasteiger charge is -1.94. The van der Waals surface area contributed by atoms with Crippen molar-refractivity contribution in [3.05, 3.63) is 14.9 Å². The number of hydrogen-bond donors (Lipinski definition) is 1. The first kappa shape index (κ1) is 9.67. The van der Waals surface area contributed by atoms with E-state index in [4.69, 9.17) is 10.3 Å². The molecule has 0 saturated heterocycles. The van der Waals surface area contributed by atoms with Crippen molar-refractivity contribution in [3.63, 3.8) is 0 Å². The van der Waals surface area contributed by atoms with Crippen LogP contribution >= 0.6 is 27.3 Å². The maximum Gasteiger partial charge on any atom is 0.225 e. The van der Waals surface area contributed by atoms with E-state index in [9.17, 15) is 0 Å². The number of nitrogens with two attached hydrogens (primary N) is 1. The van der Waals surface area contributed by atoms with Crippen LogP contribution in [0.5, 0.6) is 0 Å². The van der Waals surface area contributed by atoms with Gasteiger partial charge in [-0.2, -0.15) is 0 Å². The first-order valence-corrected chi connectivity index (χ1v) is 5.74. The van der Waals surface area contributed by atoms with Gasteiger partial charge in [0.2, 0.25) is 5.88 Å². The Hall–Kier alpha value is -0.880. The zero-order valence-electron chi connectivity index (χ0n) is 7.45. The van der Waals surface area contributed by atoms with Gasteiger partial charge < -0.3 is 10.3 Å². The third kappa shape index (κ3) is 1.44. The molecule has 0 aromatic carbocycles. The van der Waals surface area contributed by atoms with Crippen molar-refractivity contribution in [2.45, 2.75) is 13.3 Å². The van der Waals surface area contributed by atoms with Crippen LogP contribution in [0.25, 0.3) is 11.4 Å². The lowest BCUT2D eigenvalue weighted by atomic mass is 10.1. The van der Waals surface area contributed by atoms with Gasteiger partial charge >= 0.3 is 0 Å². The molecule has 0 unspecified atom stereocenters. The maximum absolute atomic E-state index is 5.64. The molecule has 2 aromatic rings. The van der Waals surface area contributed by atoms with Gasteiger partial charge in [-0.05, 0) is 22.4 Å². The highest BCUT2D eigenvalue weighted by Crippen LogP contribution is 2.33. The molecule has 4 nitrogen and oxygen atoms in total. The first-order chi connectivity index (χ1) is 6.74. The Bertz CT molecular complexity index is 451. The van der Waals surface area contributed by atoms with Crippen molar-refractivity contribution < 1.29 is 4.52 Å². The molecule has 2 rings (SSSR count). The van der Waals surface area contributed by atoms with Gasteiger partial charge in [-0.1, -0.05) is 12.1 Å². The number of aromatic nitrogens is 2. The third-order valence-corrected chi connectivity index (χ3v) is 3.47. The summed E-state index contributed by atoms with van der Waals surface area (Å²) in [4.78, 5) is 4.20. The van der Waals surface area contributed by atoms with Crippen LogP contribution in [-0.4, -0.2) is 10.1 Å². The van der Waals surface area contributed by atoms with Gasteiger partial charge in [-0.15, -0.1) is 11.3 Å². The first-order valence-electron chi connectivity index (χ1n) is 4.07. The van der Waals surface area contributed by atoms with E-state index in [0.717, 1.165) is 27.2 Å². The molecular weight excluding hydrogens is 266 g/mol. The van der Waals surface area contributed by atoms with E-state index in [-0.39, 0.29) is 0 Å². The van der Waals surface area contributed by atoms with Crippen molar-refractivity contribution in [2.75, 3.05) is 5.73 Å². The van der Waals surface area contributed by atoms with Crippen LogP contribution in [0.3, 0.4) is 0 Å². The predicted octanol–water partition coefficient (Wildman–Crippen LogP) is 2.71. The van der Waals surface area contributed by atoms with E-state index >= 15 is 0 Å². The number of halogens is 1. The highest BCUT2D eigenvalue weighted by molar-refractivity contribution is 9.11. The number of nitrogens with zero attached hydrogens (tertiary/aromatic N) is 2. The molecule has 0 aliphatic rings. The van der Waals surface area contributed by atoms with Crippen LogP contribution < -0.4 is 5.73 Å². The molecule has 0 saturated carbocycles. The number of rotatable bonds is 2. The fraction of sp³-hybridized carbons (Fsp3) is 0.250. The summed E-state index contributed by atoms with van der Waals surface area (Å²) in [6.45, 7) is 2.01. The smallest absolute Gasteiger partial charge is 0.225 e. The summed E-state index contributed by atoms with van der Waals surface area (Å²) >= 11 is 4.92. The minimum atomic E-state index is 0.377. The van der Waals surface area contributed by atoms with E-state index in [1.54, 1.807) is 5.51 Å². The van der Waals surface area contributed by atoms with Gasteiger partial charge in [0.25, 0.3) is 0 Å². The van der Waals surface area contributed by atoms with E-state index in [1.807, 2.05) is 6.92 Å². The van der Waals surface area contributed by atoms with Crippen LogP contribution in [0.1, 0.15) is 12.5 Å². The minimum absolute atomic E-state index is 0.377. The Morgan fingerprint density at radius 1 is 1.57 bits per heavy atom. The Labute approximate surface area is 93.3 Å². The Kier molecular flexibility index (Phi) is 2.56. The fourth-order valence-electron chi connectivity index (χ4n) is 1.24. The quantitative estimate of drug-likeness (QED) is 0.914. The summed E-state index contributed by atoms with van der Waals surface area (Å²) in [6, 6.07) is 0. The van der Waals surface area contributed by atoms with Crippen molar-refractivity contribution >= 4 is 33.2 Å². The highest BCUT2D eigenvalue weighted by atomic mass is 79.9. The lowest BCUT2D eigenvalue weighted by molar-refractivity contribution is 0.438. The Balaban J connectivity index is 2.57. The number of nitrogen functional groups attached to an aromatic ring is 1. The summed E-state index contributed by atoms with van der Waals surface area (Å²) in [5, 5.41) is 3.90. The summed E-state index contributed by atoms with van der Waals surface area (Å²) in [5.41, 5.74) is 9.84. The molecule has 0 spiro atoms. The normalized spacial score (nSPS) is 10.7. The third-order valence-electron chi connectivity index (χ3n) is 1.92. The number of hydrogen-bond acceptors (Lipinski definition) is 5. The van der Waals surface area contributed by atoms with Gasteiger partial charge in [0.1, 0.15) is 11.4 Å². The maximum atomic E-state index is 5.64. The van der Waals surface area contributed by atoms with Crippen LogP contribution in [0.2, 0.25) is 0 Å². The molecule has 0 aliphatic heterocycles. The van der Waals surface area contributed by atoms with Crippen molar-refractivity contribution in [1.29, 1.82) is 0 Å². The van der Waals surface area contributed by atoms with Gasteiger partial charge in [0.15, 0.2) is 0 Å². The average molecular weight is 274 g/mol. The van der Waals surface area contributed by atoms with E-state index in [2.05, 4.69) is 26.1 Å². The van der Waals surface area contributed by atoms with Gasteiger partial charge in [0.05, 0.1) is 9.30 Å². The van der Waals surface area contributed by atoms with Crippen LogP contribution in [0, 0.1) is 0 Å². The van der Waals surface area contributed by atoms with Gasteiger partial charge in [0, 0.05) is 5.56 Å². The Morgan fingerprint density at radius 2 is 2.36 bits per heavy atom. The molecule has 0 atom stereocenters. The van der Waals surface area contributed by atoms with Crippen LogP contribution in [0.4, 0.5) is 5.88 Å². The molecule has 14 heavy (non-hydrogen) atoms. The predicted molar refractivity (Wildman–Crippen MR) is 59.1 cm³/mol. The zero-order chi connectivity index (χ0) is 10.1. The molecule has 74 valence electrons. The fourth-order valence-corrected chi connectivity index (χ4v) is 2.29. The second kappa shape index (κ2) is 3.70. The summed E-state index contributed by atoms with van der Waals surface area (Å²) in [7, 11) is 0. The SMILES string of the molecule is CCc1c(-c2ncsc2Br)noc1N. The number of anilines is 1. The average Bonchev–Trinajstić information content (AvgIpc) is 2.71. The second-order valence-corrected chi connectivity index (χ2v) is 4.87. The largest absolute Gasteiger partial charge is 0.367 e. The van der Waals surface area contributed by atoms with Crippen LogP contribution in [0.15, 0.2) is 13.8 Å². The highest BCUT2D eigenvalue weighted by Gasteiger charge is 2.17. The van der Waals surface area contributed by atoms with Gasteiger partial charge in [-0.3, -0.25) is 0 Å². The lowest BCUT2D eigenvalue weighted by Crippen LogP contribution is -1.90. The zero-order valence-corrected chi connectivity index (χ0v) is 9.85.